The van der Waals surface area contributed by atoms with Crippen LogP contribution in [0.4, 0.5) is 0 Å². The van der Waals surface area contributed by atoms with Crippen LogP contribution in [-0.4, -0.2) is 17.1 Å². The quantitative estimate of drug-likeness (QED) is 0.761. The van der Waals surface area contributed by atoms with E-state index in [1.54, 1.807) is 6.92 Å². The van der Waals surface area contributed by atoms with Gasteiger partial charge in [0.2, 0.25) is 0 Å². The molecule has 0 saturated heterocycles. The second kappa shape index (κ2) is 4.46. The van der Waals surface area contributed by atoms with Crippen LogP contribution >= 0.6 is 0 Å². The first kappa shape index (κ1) is 10.3. The molecule has 0 saturated carbocycles. The Hall–Kier alpha value is -1.77. The minimum atomic E-state index is -0.887. The summed E-state index contributed by atoms with van der Waals surface area (Å²) in [6, 6.07) is 8.80. The molecule has 0 heterocycles. The molecule has 0 fully saturated rings. The number of carbonyl (C=O) groups is 1. The first-order valence-electron chi connectivity index (χ1n) is 4.35. The Morgan fingerprint density at radius 3 is 2.50 bits per heavy atom. The summed E-state index contributed by atoms with van der Waals surface area (Å²) in [5, 5.41) is 11.5. The van der Waals surface area contributed by atoms with Gasteiger partial charge < -0.3 is 10.4 Å². The van der Waals surface area contributed by atoms with E-state index < -0.39 is 12.0 Å². The van der Waals surface area contributed by atoms with Crippen LogP contribution in [-0.2, 0) is 4.79 Å². The van der Waals surface area contributed by atoms with Crippen molar-refractivity contribution in [1.82, 2.24) is 5.32 Å². The molecule has 0 bridgehead atoms. The number of carboxylic acids is 1. The van der Waals surface area contributed by atoms with Gasteiger partial charge >= 0.3 is 5.97 Å². The van der Waals surface area contributed by atoms with Gasteiger partial charge in [0, 0.05) is 5.70 Å². The monoisotopic (exact) mass is 191 g/mol. The fraction of sp³-hybridized carbons (Fsp3) is 0.182. The third kappa shape index (κ3) is 2.62. The molecule has 1 aromatic carbocycles. The summed E-state index contributed by atoms with van der Waals surface area (Å²) in [6.45, 7) is 5.35. The molecule has 0 aliphatic heterocycles. The maximum atomic E-state index is 10.6. The van der Waals surface area contributed by atoms with E-state index in [4.69, 9.17) is 5.11 Å². The zero-order chi connectivity index (χ0) is 10.6. The third-order valence-electron chi connectivity index (χ3n) is 1.88. The summed E-state index contributed by atoms with van der Waals surface area (Å²) in [5.74, 6) is -0.887. The highest BCUT2D eigenvalue weighted by Gasteiger charge is 2.10. The van der Waals surface area contributed by atoms with Gasteiger partial charge in [-0.3, -0.25) is 4.79 Å². The van der Waals surface area contributed by atoms with Crippen molar-refractivity contribution in [3.05, 3.63) is 42.5 Å². The SMILES string of the molecule is C=C(N[C@@H](C)C(=O)O)c1ccccc1. The van der Waals surface area contributed by atoms with Gasteiger partial charge in [-0.25, -0.2) is 0 Å². The number of nitrogens with one attached hydrogen (secondary N) is 1. The van der Waals surface area contributed by atoms with Crippen molar-refractivity contribution < 1.29 is 9.90 Å². The third-order valence-corrected chi connectivity index (χ3v) is 1.88. The predicted molar refractivity (Wildman–Crippen MR) is 55.7 cm³/mol. The summed E-state index contributed by atoms with van der Waals surface area (Å²) in [5.41, 5.74) is 1.53. The van der Waals surface area contributed by atoms with Crippen molar-refractivity contribution in [1.29, 1.82) is 0 Å². The first-order valence-corrected chi connectivity index (χ1v) is 4.35. The van der Waals surface area contributed by atoms with Crippen LogP contribution in [0.15, 0.2) is 36.9 Å². The van der Waals surface area contributed by atoms with E-state index in [1.165, 1.54) is 0 Å². The van der Waals surface area contributed by atoms with Gasteiger partial charge in [-0.05, 0) is 12.5 Å². The normalized spacial score (nSPS) is 11.8. The summed E-state index contributed by atoms with van der Waals surface area (Å²) in [6.07, 6.45) is 0. The number of hydrogen-bond acceptors (Lipinski definition) is 2. The van der Waals surface area contributed by atoms with E-state index in [0.717, 1.165) is 5.56 Å². The summed E-state index contributed by atoms with van der Waals surface area (Å²) in [4.78, 5) is 10.6. The highest BCUT2D eigenvalue weighted by atomic mass is 16.4. The highest BCUT2D eigenvalue weighted by molar-refractivity contribution is 5.76. The molecule has 3 heteroatoms. The van der Waals surface area contributed by atoms with Gasteiger partial charge in [-0.15, -0.1) is 0 Å². The Labute approximate surface area is 83.1 Å². The molecular weight excluding hydrogens is 178 g/mol. The zero-order valence-electron chi connectivity index (χ0n) is 8.03. The van der Waals surface area contributed by atoms with Gasteiger partial charge in [0.1, 0.15) is 6.04 Å². The van der Waals surface area contributed by atoms with Gasteiger partial charge in [0.25, 0.3) is 0 Å². The van der Waals surface area contributed by atoms with Crippen molar-refractivity contribution >= 4 is 11.7 Å². The molecule has 2 N–H and O–H groups in total. The molecule has 0 unspecified atom stereocenters. The number of aliphatic carboxylic acids is 1. The lowest BCUT2D eigenvalue weighted by Crippen LogP contribution is -2.32. The van der Waals surface area contributed by atoms with Gasteiger partial charge in [0.15, 0.2) is 0 Å². The van der Waals surface area contributed by atoms with Crippen LogP contribution in [0.5, 0.6) is 0 Å². The summed E-state index contributed by atoms with van der Waals surface area (Å²) >= 11 is 0. The summed E-state index contributed by atoms with van der Waals surface area (Å²) < 4.78 is 0. The first-order chi connectivity index (χ1) is 6.61. The number of benzene rings is 1. The molecule has 0 radical (unpaired) electrons. The van der Waals surface area contributed by atoms with Gasteiger partial charge in [0.05, 0.1) is 0 Å². The maximum Gasteiger partial charge on any atom is 0.325 e. The predicted octanol–water partition coefficient (Wildman–Crippen LogP) is 1.72. The van der Waals surface area contributed by atoms with Crippen molar-refractivity contribution in [2.24, 2.45) is 0 Å². The van der Waals surface area contributed by atoms with Gasteiger partial charge in [-0.2, -0.15) is 0 Å². The standard InChI is InChI=1S/C11H13NO2/c1-8(12-9(2)11(13)14)10-6-4-3-5-7-10/h3-7,9,12H,1H2,2H3,(H,13,14)/t9-/m0/s1. The van der Waals surface area contributed by atoms with Crippen molar-refractivity contribution in [3.8, 4) is 0 Å². The zero-order valence-corrected chi connectivity index (χ0v) is 8.03. The van der Waals surface area contributed by atoms with Crippen LogP contribution in [0, 0.1) is 0 Å². The maximum absolute atomic E-state index is 10.6. The van der Waals surface area contributed by atoms with Crippen LogP contribution in [0.1, 0.15) is 12.5 Å². The Morgan fingerprint density at radius 1 is 1.43 bits per heavy atom. The molecule has 3 nitrogen and oxygen atoms in total. The second-order valence-corrected chi connectivity index (χ2v) is 3.05. The average molecular weight is 191 g/mol. The van der Waals surface area contributed by atoms with Gasteiger partial charge in [-0.1, -0.05) is 36.9 Å². The molecule has 0 aromatic heterocycles. The van der Waals surface area contributed by atoms with Crippen molar-refractivity contribution in [2.75, 3.05) is 0 Å². The Kier molecular flexibility index (Phi) is 3.29. The molecule has 0 aliphatic carbocycles. The van der Waals surface area contributed by atoms with Crippen molar-refractivity contribution in [2.45, 2.75) is 13.0 Å². The Bertz CT molecular complexity index is 332. The topological polar surface area (TPSA) is 49.3 Å². The van der Waals surface area contributed by atoms with Crippen LogP contribution in [0.3, 0.4) is 0 Å². The van der Waals surface area contributed by atoms with Crippen LogP contribution in [0.2, 0.25) is 0 Å². The van der Waals surface area contributed by atoms with E-state index in [2.05, 4.69) is 11.9 Å². The number of carboxylic acid groups (broad SMARTS) is 1. The van der Waals surface area contributed by atoms with Crippen molar-refractivity contribution in [3.63, 3.8) is 0 Å². The van der Waals surface area contributed by atoms with E-state index in [0.29, 0.717) is 5.70 Å². The fourth-order valence-corrected chi connectivity index (χ4v) is 1.05. The van der Waals surface area contributed by atoms with E-state index in [-0.39, 0.29) is 0 Å². The smallest absolute Gasteiger partial charge is 0.325 e. The molecule has 1 aromatic rings. The molecule has 74 valence electrons. The molecular formula is C11H13NO2. The lowest BCUT2D eigenvalue weighted by molar-refractivity contribution is -0.138. The average Bonchev–Trinajstić information content (AvgIpc) is 2.19. The lowest BCUT2D eigenvalue weighted by Gasteiger charge is -2.13. The minimum absolute atomic E-state index is 0.622. The molecule has 1 atom stereocenters. The summed E-state index contributed by atoms with van der Waals surface area (Å²) in [7, 11) is 0. The number of rotatable bonds is 4. The minimum Gasteiger partial charge on any atom is -0.480 e. The molecule has 0 spiro atoms. The van der Waals surface area contributed by atoms with Crippen LogP contribution < -0.4 is 5.32 Å². The molecule has 14 heavy (non-hydrogen) atoms. The number of hydrogen-bond donors (Lipinski definition) is 2. The van der Waals surface area contributed by atoms with E-state index in [9.17, 15) is 4.79 Å². The molecule has 0 aliphatic rings. The largest absolute Gasteiger partial charge is 0.480 e. The highest BCUT2D eigenvalue weighted by Crippen LogP contribution is 2.08. The molecule has 1 rings (SSSR count). The van der Waals surface area contributed by atoms with Crippen LogP contribution in [0.25, 0.3) is 5.70 Å². The van der Waals surface area contributed by atoms with E-state index in [1.807, 2.05) is 30.3 Å². The lowest BCUT2D eigenvalue weighted by atomic mass is 10.1. The Balaban J connectivity index is 2.64. The molecule has 0 amide bonds. The van der Waals surface area contributed by atoms with E-state index >= 15 is 0 Å². The Morgan fingerprint density at radius 2 is 2.00 bits per heavy atom. The fourth-order valence-electron chi connectivity index (χ4n) is 1.05. The second-order valence-electron chi connectivity index (χ2n) is 3.05.